The highest BCUT2D eigenvalue weighted by molar-refractivity contribution is 5.68. The predicted octanol–water partition coefficient (Wildman–Crippen LogP) is 1.81. The molecule has 0 aromatic rings. The van der Waals surface area contributed by atoms with Crippen LogP contribution in [0.1, 0.15) is 34.6 Å². The maximum absolute atomic E-state index is 11.3. The van der Waals surface area contributed by atoms with E-state index in [0.29, 0.717) is 13.1 Å². The minimum Gasteiger partial charge on any atom is -0.444 e. The zero-order valence-corrected chi connectivity index (χ0v) is 10.3. The SMILES string of the molecule is C/C(CN)=C(/C)CNC(=O)OC(C)(C)C. The molecular weight excluding hydrogens is 192 g/mol. The monoisotopic (exact) mass is 214 g/mol. The highest BCUT2D eigenvalue weighted by Crippen LogP contribution is 2.07. The van der Waals surface area contributed by atoms with Crippen molar-refractivity contribution < 1.29 is 9.53 Å². The highest BCUT2D eigenvalue weighted by atomic mass is 16.6. The van der Waals surface area contributed by atoms with Crippen LogP contribution in [0.3, 0.4) is 0 Å². The van der Waals surface area contributed by atoms with E-state index in [-0.39, 0.29) is 0 Å². The Bertz CT molecular complexity index is 252. The molecule has 0 aliphatic rings. The lowest BCUT2D eigenvalue weighted by atomic mass is 10.1. The minimum absolute atomic E-state index is 0.397. The average molecular weight is 214 g/mol. The fourth-order valence-corrected chi connectivity index (χ4v) is 0.844. The van der Waals surface area contributed by atoms with Crippen LogP contribution < -0.4 is 11.1 Å². The molecular formula is C11H22N2O2. The standard InChI is InChI=1S/C11H22N2O2/c1-8(6-12)9(2)7-13-10(14)15-11(3,4)5/h6-7,12H2,1-5H3,(H,13,14)/b9-8+. The highest BCUT2D eigenvalue weighted by Gasteiger charge is 2.15. The number of amides is 1. The van der Waals surface area contributed by atoms with Crippen molar-refractivity contribution in [2.45, 2.75) is 40.2 Å². The molecule has 15 heavy (non-hydrogen) atoms. The first-order chi connectivity index (χ1) is 6.76. The molecule has 0 radical (unpaired) electrons. The van der Waals surface area contributed by atoms with Crippen molar-refractivity contribution >= 4 is 6.09 Å². The molecule has 0 aromatic heterocycles. The van der Waals surface area contributed by atoms with Crippen LogP contribution in [0.4, 0.5) is 4.79 Å². The predicted molar refractivity (Wildman–Crippen MR) is 61.7 cm³/mol. The van der Waals surface area contributed by atoms with Crippen LogP contribution in [0.15, 0.2) is 11.1 Å². The molecule has 0 rings (SSSR count). The second-order valence-electron chi connectivity index (χ2n) is 4.62. The van der Waals surface area contributed by atoms with Crippen molar-refractivity contribution in [2.24, 2.45) is 5.73 Å². The molecule has 0 heterocycles. The first kappa shape index (κ1) is 14.0. The van der Waals surface area contributed by atoms with Crippen LogP contribution in [0.5, 0.6) is 0 Å². The van der Waals surface area contributed by atoms with Crippen molar-refractivity contribution in [1.82, 2.24) is 5.32 Å². The van der Waals surface area contributed by atoms with E-state index < -0.39 is 11.7 Å². The van der Waals surface area contributed by atoms with E-state index in [1.54, 1.807) is 0 Å². The van der Waals surface area contributed by atoms with Crippen molar-refractivity contribution in [3.63, 3.8) is 0 Å². The number of rotatable bonds is 3. The van der Waals surface area contributed by atoms with Crippen molar-refractivity contribution in [1.29, 1.82) is 0 Å². The fraction of sp³-hybridized carbons (Fsp3) is 0.727. The van der Waals surface area contributed by atoms with E-state index in [1.807, 2.05) is 34.6 Å². The van der Waals surface area contributed by atoms with E-state index in [9.17, 15) is 4.79 Å². The van der Waals surface area contributed by atoms with Crippen LogP contribution in [-0.2, 0) is 4.74 Å². The van der Waals surface area contributed by atoms with E-state index in [0.717, 1.165) is 11.1 Å². The summed E-state index contributed by atoms with van der Waals surface area (Å²) >= 11 is 0. The molecule has 0 saturated heterocycles. The van der Waals surface area contributed by atoms with Crippen LogP contribution in [0.2, 0.25) is 0 Å². The Balaban J connectivity index is 4.03. The summed E-state index contributed by atoms with van der Waals surface area (Å²) in [6.07, 6.45) is -0.397. The van der Waals surface area contributed by atoms with Gasteiger partial charge < -0.3 is 15.8 Å². The lowest BCUT2D eigenvalue weighted by Crippen LogP contribution is -2.33. The number of ether oxygens (including phenoxy) is 1. The van der Waals surface area contributed by atoms with Gasteiger partial charge in [-0.05, 0) is 34.6 Å². The molecule has 0 bridgehead atoms. The number of hydrogen-bond donors (Lipinski definition) is 2. The summed E-state index contributed by atoms with van der Waals surface area (Å²) in [7, 11) is 0. The molecule has 0 unspecified atom stereocenters. The van der Waals surface area contributed by atoms with Crippen molar-refractivity contribution in [2.75, 3.05) is 13.1 Å². The van der Waals surface area contributed by atoms with E-state index in [4.69, 9.17) is 10.5 Å². The summed E-state index contributed by atoms with van der Waals surface area (Å²) in [5.41, 5.74) is 7.19. The lowest BCUT2D eigenvalue weighted by molar-refractivity contribution is 0.0532. The molecule has 4 heteroatoms. The molecule has 0 atom stereocenters. The summed E-state index contributed by atoms with van der Waals surface area (Å²) in [6, 6.07) is 0. The van der Waals surface area contributed by atoms with Crippen LogP contribution >= 0.6 is 0 Å². The van der Waals surface area contributed by atoms with Gasteiger partial charge in [-0.25, -0.2) is 4.79 Å². The van der Waals surface area contributed by atoms with Crippen LogP contribution in [0.25, 0.3) is 0 Å². The van der Waals surface area contributed by atoms with Crippen LogP contribution in [0, 0.1) is 0 Å². The number of carbonyl (C=O) groups is 1. The number of nitrogens with one attached hydrogen (secondary N) is 1. The van der Waals surface area contributed by atoms with Gasteiger partial charge in [-0.15, -0.1) is 0 Å². The van der Waals surface area contributed by atoms with E-state index in [1.165, 1.54) is 0 Å². The van der Waals surface area contributed by atoms with Crippen molar-refractivity contribution in [3.05, 3.63) is 11.1 Å². The molecule has 4 nitrogen and oxygen atoms in total. The summed E-state index contributed by atoms with van der Waals surface area (Å²) in [4.78, 5) is 11.3. The maximum atomic E-state index is 11.3. The van der Waals surface area contributed by atoms with E-state index in [2.05, 4.69) is 5.32 Å². The van der Waals surface area contributed by atoms with Crippen LogP contribution in [-0.4, -0.2) is 24.8 Å². The topological polar surface area (TPSA) is 64.3 Å². The lowest BCUT2D eigenvalue weighted by Gasteiger charge is -2.20. The molecule has 0 aliphatic heterocycles. The Hall–Kier alpha value is -1.03. The second kappa shape index (κ2) is 5.75. The third-order valence-corrected chi connectivity index (χ3v) is 1.93. The van der Waals surface area contributed by atoms with Gasteiger partial charge in [0.1, 0.15) is 5.60 Å². The van der Waals surface area contributed by atoms with Gasteiger partial charge in [0, 0.05) is 13.1 Å². The van der Waals surface area contributed by atoms with Gasteiger partial charge in [0.25, 0.3) is 0 Å². The van der Waals surface area contributed by atoms with Gasteiger partial charge in [-0.1, -0.05) is 11.1 Å². The van der Waals surface area contributed by atoms with Gasteiger partial charge in [-0.3, -0.25) is 0 Å². The molecule has 88 valence electrons. The first-order valence-corrected chi connectivity index (χ1v) is 5.08. The third-order valence-electron chi connectivity index (χ3n) is 1.93. The Morgan fingerprint density at radius 3 is 2.20 bits per heavy atom. The molecule has 0 aliphatic carbocycles. The van der Waals surface area contributed by atoms with Crippen molar-refractivity contribution in [3.8, 4) is 0 Å². The fourth-order valence-electron chi connectivity index (χ4n) is 0.844. The first-order valence-electron chi connectivity index (χ1n) is 5.08. The number of hydrogen-bond acceptors (Lipinski definition) is 3. The summed E-state index contributed by atoms with van der Waals surface area (Å²) in [5, 5.41) is 2.68. The van der Waals surface area contributed by atoms with Gasteiger partial charge in [0.2, 0.25) is 0 Å². The quantitative estimate of drug-likeness (QED) is 0.704. The number of carbonyl (C=O) groups excluding carboxylic acids is 1. The Labute approximate surface area is 91.9 Å². The molecule has 0 saturated carbocycles. The second-order valence-corrected chi connectivity index (χ2v) is 4.62. The molecule has 3 N–H and O–H groups in total. The maximum Gasteiger partial charge on any atom is 0.407 e. The van der Waals surface area contributed by atoms with Gasteiger partial charge >= 0.3 is 6.09 Å². The summed E-state index contributed by atoms with van der Waals surface area (Å²) in [5.74, 6) is 0. The normalized spacial score (nSPS) is 13.2. The molecule has 0 aromatic carbocycles. The Kier molecular flexibility index (Phi) is 5.36. The molecule has 0 spiro atoms. The van der Waals surface area contributed by atoms with E-state index >= 15 is 0 Å². The van der Waals surface area contributed by atoms with Gasteiger partial charge in [0.05, 0.1) is 0 Å². The van der Waals surface area contributed by atoms with Gasteiger partial charge in [0.15, 0.2) is 0 Å². The minimum atomic E-state index is -0.454. The zero-order valence-electron chi connectivity index (χ0n) is 10.3. The zero-order chi connectivity index (χ0) is 12.1. The number of nitrogens with two attached hydrogens (primary N) is 1. The molecule has 1 amide bonds. The Morgan fingerprint density at radius 1 is 1.27 bits per heavy atom. The largest absolute Gasteiger partial charge is 0.444 e. The summed E-state index contributed by atoms with van der Waals surface area (Å²) < 4.78 is 5.10. The number of alkyl carbamates (subject to hydrolysis) is 1. The molecule has 0 fully saturated rings. The average Bonchev–Trinajstić information content (AvgIpc) is 2.10. The Morgan fingerprint density at radius 2 is 1.80 bits per heavy atom. The third kappa shape index (κ3) is 6.96. The smallest absolute Gasteiger partial charge is 0.407 e. The van der Waals surface area contributed by atoms with Gasteiger partial charge in [-0.2, -0.15) is 0 Å². The summed E-state index contributed by atoms with van der Waals surface area (Å²) in [6.45, 7) is 10.4.